The van der Waals surface area contributed by atoms with E-state index >= 15 is 0 Å². The molecule has 0 aliphatic rings. The summed E-state index contributed by atoms with van der Waals surface area (Å²) in [6.45, 7) is 0. The van der Waals surface area contributed by atoms with Crippen LogP contribution in [0.25, 0.3) is 10.9 Å². The lowest BCUT2D eigenvalue weighted by Crippen LogP contribution is -2.30. The number of carbonyl (C=O) groups excluding carboxylic acids is 1. The van der Waals surface area contributed by atoms with Gasteiger partial charge in [-0.15, -0.1) is 4.91 Å². The van der Waals surface area contributed by atoms with Crippen LogP contribution < -0.4 is 19.5 Å². The molecule has 1 aromatic heterocycles. The van der Waals surface area contributed by atoms with Crippen molar-refractivity contribution >= 4 is 43.9 Å². The number of methoxy groups -OCH3 is 2. The van der Waals surface area contributed by atoms with Crippen LogP contribution in [0.4, 0.5) is 17.1 Å². The van der Waals surface area contributed by atoms with Crippen LogP contribution in [0.1, 0.15) is 10.5 Å². The predicted octanol–water partition coefficient (Wildman–Crippen LogP) is 4.45. The second kappa shape index (κ2) is 9.24. The number of benzene rings is 3. The molecule has 11 heteroatoms. The highest BCUT2D eigenvalue weighted by atomic mass is 32.2. The highest BCUT2D eigenvalue weighted by Gasteiger charge is 2.22. The van der Waals surface area contributed by atoms with Crippen molar-refractivity contribution in [1.29, 1.82) is 0 Å². The van der Waals surface area contributed by atoms with Gasteiger partial charge in [-0.25, -0.2) is 13.1 Å². The maximum atomic E-state index is 12.8. The molecule has 0 saturated heterocycles. The quantitative estimate of drug-likeness (QED) is 0.317. The van der Waals surface area contributed by atoms with Crippen molar-refractivity contribution in [1.82, 2.24) is 9.71 Å². The second-order valence-electron chi connectivity index (χ2n) is 7.17. The summed E-state index contributed by atoms with van der Waals surface area (Å²) in [7, 11) is -1.21. The summed E-state index contributed by atoms with van der Waals surface area (Å²) in [5.41, 5.74) is 1.57. The topological polar surface area (TPSA) is 139 Å². The van der Waals surface area contributed by atoms with Crippen LogP contribution in [-0.2, 0) is 10.0 Å². The molecule has 1 amide bonds. The first-order valence-electron chi connectivity index (χ1n) is 9.96. The van der Waals surface area contributed by atoms with E-state index in [0.29, 0.717) is 28.3 Å². The van der Waals surface area contributed by atoms with Gasteiger partial charge >= 0.3 is 0 Å². The predicted molar refractivity (Wildman–Crippen MR) is 128 cm³/mol. The van der Waals surface area contributed by atoms with E-state index in [4.69, 9.17) is 9.47 Å². The Morgan fingerprint density at radius 2 is 1.65 bits per heavy atom. The van der Waals surface area contributed by atoms with Crippen LogP contribution in [-0.4, -0.2) is 33.5 Å². The molecule has 0 radical (unpaired) electrons. The van der Waals surface area contributed by atoms with Crippen molar-refractivity contribution in [2.24, 2.45) is 5.18 Å². The number of anilines is 2. The minimum atomic E-state index is -4.17. The van der Waals surface area contributed by atoms with Crippen molar-refractivity contribution in [3.63, 3.8) is 0 Å². The third-order valence-corrected chi connectivity index (χ3v) is 6.37. The summed E-state index contributed by atoms with van der Waals surface area (Å²) in [6, 6.07) is 17.5. The number of nitroso groups, excluding NO2 is 1. The van der Waals surface area contributed by atoms with Crippen molar-refractivity contribution in [3.8, 4) is 11.5 Å². The van der Waals surface area contributed by atoms with E-state index in [1.807, 2.05) is 10.8 Å². The monoisotopic (exact) mass is 480 g/mol. The fourth-order valence-electron chi connectivity index (χ4n) is 3.37. The molecule has 174 valence electrons. The van der Waals surface area contributed by atoms with E-state index in [1.54, 1.807) is 37.4 Å². The zero-order valence-corrected chi connectivity index (χ0v) is 19.0. The van der Waals surface area contributed by atoms with Crippen LogP contribution in [0, 0.1) is 4.91 Å². The van der Waals surface area contributed by atoms with E-state index < -0.39 is 15.9 Å². The normalized spacial score (nSPS) is 11.1. The zero-order valence-electron chi connectivity index (χ0n) is 18.2. The minimum absolute atomic E-state index is 0.0636. The molecule has 10 nitrogen and oxygen atoms in total. The number of hydrogen-bond acceptors (Lipinski definition) is 8. The number of fused-ring (bicyclic) bond motifs is 1. The number of H-pyrrole nitrogens is 1. The lowest BCUT2D eigenvalue weighted by Gasteiger charge is -2.09. The number of rotatable bonds is 8. The molecule has 0 bridgehead atoms. The van der Waals surface area contributed by atoms with Crippen molar-refractivity contribution in [2.45, 2.75) is 4.90 Å². The Morgan fingerprint density at radius 3 is 2.35 bits per heavy atom. The van der Waals surface area contributed by atoms with Gasteiger partial charge in [0.1, 0.15) is 22.9 Å². The van der Waals surface area contributed by atoms with Crippen LogP contribution in [0.3, 0.4) is 0 Å². The molecule has 0 fully saturated rings. The zero-order chi connectivity index (χ0) is 24.3. The Bertz CT molecular complexity index is 1500. The lowest BCUT2D eigenvalue weighted by molar-refractivity contribution is 0.0977. The van der Waals surface area contributed by atoms with Gasteiger partial charge in [-0.2, -0.15) is 0 Å². The molecule has 34 heavy (non-hydrogen) atoms. The summed E-state index contributed by atoms with van der Waals surface area (Å²) in [5.74, 6) is 0.0726. The number of ether oxygens (including phenoxy) is 2. The van der Waals surface area contributed by atoms with Gasteiger partial charge in [0.15, 0.2) is 0 Å². The van der Waals surface area contributed by atoms with Crippen molar-refractivity contribution in [3.05, 3.63) is 77.3 Å². The standard InChI is InChI=1S/C23H20N4O6S/c1-32-15-6-3-5-14(11-15)24-19-9-10-20(26-29)22-18(19)13-21(25-22)23(28)27-34(30,31)17-8-4-7-16(12-17)33-2/h3-13,24-25H,1-2H3,(H,27,28). The van der Waals surface area contributed by atoms with E-state index in [1.165, 1.54) is 37.4 Å². The molecule has 0 spiro atoms. The molecule has 0 aliphatic heterocycles. The number of hydrogen-bond donors (Lipinski definition) is 3. The number of carbonyl (C=O) groups is 1. The number of amides is 1. The first-order valence-corrected chi connectivity index (χ1v) is 11.4. The van der Waals surface area contributed by atoms with Crippen molar-refractivity contribution < 1.29 is 22.7 Å². The lowest BCUT2D eigenvalue weighted by atomic mass is 10.1. The number of aromatic amines is 1. The van der Waals surface area contributed by atoms with E-state index in [9.17, 15) is 18.1 Å². The summed E-state index contributed by atoms with van der Waals surface area (Å²) in [4.78, 5) is 26.8. The average Bonchev–Trinajstić information content (AvgIpc) is 3.30. The van der Waals surface area contributed by atoms with Gasteiger partial charge in [-0.3, -0.25) is 4.79 Å². The summed E-state index contributed by atoms with van der Waals surface area (Å²) in [5, 5.41) is 6.68. The molecule has 0 saturated carbocycles. The molecule has 3 N–H and O–H groups in total. The van der Waals surface area contributed by atoms with E-state index in [2.05, 4.69) is 15.5 Å². The smallest absolute Gasteiger partial charge is 0.281 e. The third kappa shape index (κ3) is 4.55. The fraction of sp³-hybridized carbons (Fsp3) is 0.0870. The molecular weight excluding hydrogens is 460 g/mol. The van der Waals surface area contributed by atoms with Gasteiger partial charge in [-0.05, 0) is 47.6 Å². The number of aromatic nitrogens is 1. The molecule has 0 aliphatic carbocycles. The first kappa shape index (κ1) is 22.8. The van der Waals surface area contributed by atoms with Crippen LogP contribution in [0.5, 0.6) is 11.5 Å². The largest absolute Gasteiger partial charge is 0.497 e. The molecule has 4 rings (SSSR count). The maximum absolute atomic E-state index is 12.8. The number of nitrogens with one attached hydrogen (secondary N) is 3. The Balaban J connectivity index is 1.68. The first-order chi connectivity index (χ1) is 16.3. The van der Waals surface area contributed by atoms with Crippen LogP contribution in [0.2, 0.25) is 0 Å². The van der Waals surface area contributed by atoms with Gasteiger partial charge in [0.25, 0.3) is 15.9 Å². The molecule has 1 heterocycles. The van der Waals surface area contributed by atoms with Gasteiger partial charge < -0.3 is 19.8 Å². The Kier molecular flexibility index (Phi) is 6.19. The highest BCUT2D eigenvalue weighted by molar-refractivity contribution is 7.90. The average molecular weight is 481 g/mol. The molecular formula is C23H20N4O6S. The van der Waals surface area contributed by atoms with Gasteiger partial charge in [0.05, 0.1) is 24.6 Å². The maximum Gasteiger partial charge on any atom is 0.281 e. The Labute approximate surface area is 194 Å². The second-order valence-corrected chi connectivity index (χ2v) is 8.85. The van der Waals surface area contributed by atoms with Gasteiger partial charge in [0.2, 0.25) is 0 Å². The third-order valence-electron chi connectivity index (χ3n) is 5.04. The minimum Gasteiger partial charge on any atom is -0.497 e. The Hall–Kier alpha value is -4.38. The van der Waals surface area contributed by atoms with Crippen LogP contribution >= 0.6 is 0 Å². The number of sulfonamides is 1. The van der Waals surface area contributed by atoms with Crippen molar-refractivity contribution in [2.75, 3.05) is 19.5 Å². The Morgan fingerprint density at radius 1 is 0.941 bits per heavy atom. The fourth-order valence-corrected chi connectivity index (χ4v) is 4.37. The summed E-state index contributed by atoms with van der Waals surface area (Å²) >= 11 is 0. The SMILES string of the molecule is COc1cccc(Nc2ccc(N=O)c3[nH]c(C(=O)NS(=O)(=O)c4cccc(OC)c4)cc23)c1. The van der Waals surface area contributed by atoms with E-state index in [-0.39, 0.29) is 21.8 Å². The molecule has 3 aromatic carbocycles. The van der Waals surface area contributed by atoms with E-state index in [0.717, 1.165) is 0 Å². The van der Waals surface area contributed by atoms with Gasteiger partial charge in [-0.1, -0.05) is 12.1 Å². The molecule has 4 aromatic rings. The van der Waals surface area contributed by atoms with Gasteiger partial charge in [0, 0.05) is 28.9 Å². The summed E-state index contributed by atoms with van der Waals surface area (Å²) in [6.07, 6.45) is 0. The molecule has 0 unspecified atom stereocenters. The summed E-state index contributed by atoms with van der Waals surface area (Å²) < 4.78 is 37.7. The van der Waals surface area contributed by atoms with Crippen LogP contribution in [0.15, 0.2) is 76.8 Å². The number of nitrogens with zero attached hydrogens (tertiary/aromatic N) is 1. The molecule has 0 atom stereocenters. The highest BCUT2D eigenvalue weighted by Crippen LogP contribution is 2.34.